The molecule has 0 radical (unpaired) electrons. The summed E-state index contributed by atoms with van der Waals surface area (Å²) in [5.41, 5.74) is 3.61. The van der Waals surface area contributed by atoms with Gasteiger partial charge in [0.1, 0.15) is 5.69 Å². The first kappa shape index (κ1) is 18.0. The molecule has 3 N–H and O–H groups in total. The Morgan fingerprint density at radius 3 is 2.38 bits per heavy atom. The van der Waals surface area contributed by atoms with E-state index in [0.29, 0.717) is 12.3 Å². The summed E-state index contributed by atoms with van der Waals surface area (Å²) in [6.07, 6.45) is -4.15. The van der Waals surface area contributed by atoms with Crippen LogP contribution in [0.3, 0.4) is 0 Å². The average Bonchev–Trinajstić information content (AvgIpc) is 2.47. The molecule has 126 valence electrons. The molecule has 2 aromatic rings. The van der Waals surface area contributed by atoms with Gasteiger partial charge in [0.25, 0.3) is 11.8 Å². The maximum Gasteiger partial charge on any atom is 0.417 e. The van der Waals surface area contributed by atoms with Gasteiger partial charge in [0.2, 0.25) is 0 Å². The van der Waals surface area contributed by atoms with Crippen LogP contribution >= 0.6 is 23.2 Å². The van der Waals surface area contributed by atoms with E-state index in [1.165, 1.54) is 18.2 Å². The molecule has 0 aliphatic rings. The molecule has 0 fully saturated rings. The molecule has 10 heteroatoms. The number of nitrogens with zero attached hydrogens (tertiary/aromatic N) is 1. The largest absolute Gasteiger partial charge is 0.417 e. The molecule has 5 nitrogen and oxygen atoms in total. The van der Waals surface area contributed by atoms with Crippen LogP contribution in [-0.2, 0) is 6.18 Å². The molecule has 0 bridgehead atoms. The van der Waals surface area contributed by atoms with Crippen molar-refractivity contribution in [3.63, 3.8) is 0 Å². The normalized spacial score (nSPS) is 11.2. The topological polar surface area (TPSA) is 85.1 Å². The lowest BCUT2D eigenvalue weighted by molar-refractivity contribution is -0.137. The summed E-state index contributed by atoms with van der Waals surface area (Å²) < 4.78 is 37.7. The summed E-state index contributed by atoms with van der Waals surface area (Å²) >= 11 is 11.4. The van der Waals surface area contributed by atoms with Gasteiger partial charge in [0.05, 0.1) is 21.8 Å². The number of halogens is 5. The molecule has 0 saturated carbocycles. The Labute approximate surface area is 143 Å². The lowest BCUT2D eigenvalue weighted by atomic mass is 10.1. The van der Waals surface area contributed by atoms with Crippen LogP contribution in [0.4, 0.5) is 18.9 Å². The number of carbonyl (C=O) groups is 2. The molecule has 0 spiro atoms. The van der Waals surface area contributed by atoms with E-state index in [9.17, 15) is 22.8 Å². The van der Waals surface area contributed by atoms with Crippen molar-refractivity contribution >= 4 is 40.7 Å². The molecule has 1 aromatic carbocycles. The Kier molecular flexibility index (Phi) is 5.00. The fourth-order valence-corrected chi connectivity index (χ4v) is 2.20. The number of rotatable bonds is 3. The van der Waals surface area contributed by atoms with E-state index < -0.39 is 34.3 Å². The monoisotopic (exact) mass is 377 g/mol. The van der Waals surface area contributed by atoms with Crippen LogP contribution in [0.5, 0.6) is 0 Å². The molecule has 0 atom stereocenters. The van der Waals surface area contributed by atoms with Crippen molar-refractivity contribution in [3.05, 3.63) is 57.3 Å². The third-order valence-electron chi connectivity index (χ3n) is 2.88. The molecular formula is C14H8Cl2F3N3O2. The van der Waals surface area contributed by atoms with E-state index in [1.807, 2.05) is 0 Å². The molecular weight excluding hydrogens is 370 g/mol. The van der Waals surface area contributed by atoms with Gasteiger partial charge in [0, 0.05) is 11.2 Å². The van der Waals surface area contributed by atoms with E-state index >= 15 is 0 Å². The van der Waals surface area contributed by atoms with Crippen LogP contribution in [0.25, 0.3) is 0 Å². The number of nitrogens with two attached hydrogens (primary N) is 1. The second-order valence-electron chi connectivity index (χ2n) is 4.56. The van der Waals surface area contributed by atoms with E-state index in [4.69, 9.17) is 28.9 Å². The molecule has 1 aromatic heterocycles. The second kappa shape index (κ2) is 6.66. The predicted molar refractivity (Wildman–Crippen MR) is 82.2 cm³/mol. The van der Waals surface area contributed by atoms with Crippen molar-refractivity contribution in [2.75, 3.05) is 5.32 Å². The fraction of sp³-hybridized carbons (Fsp3) is 0.0714. The average molecular weight is 378 g/mol. The van der Waals surface area contributed by atoms with E-state index in [0.717, 1.165) is 0 Å². The summed E-state index contributed by atoms with van der Waals surface area (Å²) in [6, 6.07) is 4.53. The summed E-state index contributed by atoms with van der Waals surface area (Å²) in [6.45, 7) is 0. The zero-order valence-corrected chi connectivity index (χ0v) is 13.1. The smallest absolute Gasteiger partial charge is 0.366 e. The van der Waals surface area contributed by atoms with Crippen molar-refractivity contribution < 1.29 is 22.8 Å². The van der Waals surface area contributed by atoms with Gasteiger partial charge in [-0.05, 0) is 24.3 Å². The third-order valence-corrected chi connectivity index (χ3v) is 3.40. The molecule has 0 aliphatic carbocycles. The zero-order chi connectivity index (χ0) is 18.1. The quantitative estimate of drug-likeness (QED) is 0.853. The number of hydrogen-bond donors (Lipinski definition) is 2. The summed E-state index contributed by atoms with van der Waals surface area (Å²) in [5, 5.41) is 2.03. The highest BCUT2D eigenvalue weighted by Crippen LogP contribution is 2.31. The first-order valence-electron chi connectivity index (χ1n) is 6.23. The Morgan fingerprint density at radius 1 is 1.17 bits per heavy atom. The molecule has 2 amide bonds. The van der Waals surface area contributed by atoms with Crippen LogP contribution in [-0.4, -0.2) is 16.8 Å². The van der Waals surface area contributed by atoms with Crippen LogP contribution in [0.15, 0.2) is 30.5 Å². The zero-order valence-electron chi connectivity index (χ0n) is 11.6. The first-order valence-corrected chi connectivity index (χ1v) is 6.98. The van der Waals surface area contributed by atoms with Crippen molar-refractivity contribution in [1.29, 1.82) is 0 Å². The Bertz CT molecular complexity index is 825. The fourth-order valence-electron chi connectivity index (χ4n) is 1.77. The molecule has 0 unspecified atom stereocenters. The van der Waals surface area contributed by atoms with E-state index in [1.54, 1.807) is 0 Å². The molecule has 24 heavy (non-hydrogen) atoms. The Hall–Kier alpha value is -2.32. The van der Waals surface area contributed by atoms with Crippen molar-refractivity contribution in [2.24, 2.45) is 5.73 Å². The highest BCUT2D eigenvalue weighted by atomic mass is 35.5. The molecule has 2 rings (SSSR count). The van der Waals surface area contributed by atoms with Crippen LogP contribution in [0.2, 0.25) is 10.0 Å². The van der Waals surface area contributed by atoms with Crippen molar-refractivity contribution in [3.8, 4) is 0 Å². The lowest BCUT2D eigenvalue weighted by Gasteiger charge is -2.11. The number of nitrogens with one attached hydrogen (secondary N) is 1. The van der Waals surface area contributed by atoms with Gasteiger partial charge in [-0.2, -0.15) is 13.2 Å². The lowest BCUT2D eigenvalue weighted by Crippen LogP contribution is -2.20. The van der Waals surface area contributed by atoms with Crippen molar-refractivity contribution in [1.82, 2.24) is 4.98 Å². The number of primary amides is 1. The number of amides is 2. The SMILES string of the molecule is NC(=O)c1cc(Cl)ccc1NC(=O)c1ncc(C(F)(F)F)cc1Cl. The highest BCUT2D eigenvalue weighted by molar-refractivity contribution is 6.34. The number of hydrogen-bond acceptors (Lipinski definition) is 3. The van der Waals surface area contributed by atoms with E-state index in [2.05, 4.69) is 10.3 Å². The number of anilines is 1. The number of pyridine rings is 1. The van der Waals surface area contributed by atoms with Crippen LogP contribution in [0, 0.1) is 0 Å². The van der Waals surface area contributed by atoms with Gasteiger partial charge >= 0.3 is 6.18 Å². The minimum Gasteiger partial charge on any atom is -0.366 e. The van der Waals surface area contributed by atoms with Crippen LogP contribution < -0.4 is 11.1 Å². The van der Waals surface area contributed by atoms with Gasteiger partial charge in [-0.3, -0.25) is 9.59 Å². The first-order chi connectivity index (χ1) is 11.1. The van der Waals surface area contributed by atoms with Crippen molar-refractivity contribution in [2.45, 2.75) is 6.18 Å². The number of carbonyl (C=O) groups excluding carboxylic acids is 2. The molecule has 0 saturated heterocycles. The molecule has 1 heterocycles. The van der Waals surface area contributed by atoms with Gasteiger partial charge in [-0.25, -0.2) is 4.98 Å². The summed E-state index contributed by atoms with van der Waals surface area (Å²) in [5.74, 6) is -1.75. The summed E-state index contributed by atoms with van der Waals surface area (Å²) in [4.78, 5) is 26.9. The number of benzene rings is 1. The van der Waals surface area contributed by atoms with E-state index in [-0.39, 0.29) is 16.3 Å². The van der Waals surface area contributed by atoms with Gasteiger partial charge in [-0.1, -0.05) is 23.2 Å². The Morgan fingerprint density at radius 2 is 1.83 bits per heavy atom. The Balaban J connectivity index is 2.33. The summed E-state index contributed by atoms with van der Waals surface area (Å²) in [7, 11) is 0. The highest BCUT2D eigenvalue weighted by Gasteiger charge is 2.32. The van der Waals surface area contributed by atoms with Crippen LogP contribution in [0.1, 0.15) is 26.4 Å². The third kappa shape index (κ3) is 3.95. The van der Waals surface area contributed by atoms with Gasteiger partial charge in [-0.15, -0.1) is 0 Å². The maximum atomic E-state index is 12.6. The minimum atomic E-state index is -4.64. The maximum absolute atomic E-state index is 12.6. The van der Waals surface area contributed by atoms with Gasteiger partial charge < -0.3 is 11.1 Å². The molecule has 0 aliphatic heterocycles. The predicted octanol–water partition coefficient (Wildman–Crippen LogP) is 3.76. The minimum absolute atomic E-state index is 0.0228. The number of alkyl halides is 3. The van der Waals surface area contributed by atoms with Gasteiger partial charge in [0.15, 0.2) is 0 Å². The standard InChI is InChI=1S/C14H8Cl2F3N3O2/c15-7-1-2-10(8(4-7)12(20)23)22-13(24)11-9(16)3-6(5-21-11)14(17,18)19/h1-5H,(H2,20,23)(H,22,24). The number of aromatic nitrogens is 1. The second-order valence-corrected chi connectivity index (χ2v) is 5.40.